The second kappa shape index (κ2) is 12.6. The van der Waals surface area contributed by atoms with E-state index in [4.69, 9.17) is 42.4 Å². The van der Waals surface area contributed by atoms with E-state index < -0.39 is 0 Å². The van der Waals surface area contributed by atoms with E-state index in [0.29, 0.717) is 50.4 Å². The van der Waals surface area contributed by atoms with Gasteiger partial charge in [-0.2, -0.15) is 0 Å². The first-order valence-electron chi connectivity index (χ1n) is 14.5. The Hall–Kier alpha value is -4.31. The number of nitrogens with one attached hydrogen (secondary N) is 1. The number of rotatable bonds is 8. The smallest absolute Gasteiger partial charge is 0.247 e. The summed E-state index contributed by atoms with van der Waals surface area (Å²) in [6.45, 7) is 9.31. The number of methoxy groups -OCH3 is 2. The van der Waals surface area contributed by atoms with Gasteiger partial charge in [-0.3, -0.25) is 14.2 Å². The first kappa shape index (κ1) is 30.7. The number of morpholine rings is 1. The fraction of sp³-hybridized carbons (Fsp3) is 0.265. The molecule has 0 spiro atoms. The van der Waals surface area contributed by atoms with Crippen molar-refractivity contribution < 1.29 is 19.0 Å². The molecule has 1 aliphatic rings. The van der Waals surface area contributed by atoms with Crippen LogP contribution in [0.2, 0.25) is 10.0 Å². The minimum absolute atomic E-state index is 0.111. The van der Waals surface area contributed by atoms with Gasteiger partial charge in [-0.15, -0.1) is 0 Å². The van der Waals surface area contributed by atoms with Crippen molar-refractivity contribution >= 4 is 57.0 Å². The number of aromatic nitrogens is 3. The van der Waals surface area contributed by atoms with Crippen molar-refractivity contribution in [1.29, 1.82) is 0 Å². The molecule has 1 fully saturated rings. The maximum absolute atomic E-state index is 12.4. The molecule has 11 heteroatoms. The summed E-state index contributed by atoms with van der Waals surface area (Å²) in [6.07, 6.45) is 7.42. The van der Waals surface area contributed by atoms with Crippen molar-refractivity contribution in [3.63, 3.8) is 0 Å². The molecule has 2 atom stereocenters. The van der Waals surface area contributed by atoms with Crippen molar-refractivity contribution in [2.45, 2.75) is 32.5 Å². The second-order valence-corrected chi connectivity index (χ2v) is 11.8. The Labute approximate surface area is 271 Å². The average Bonchev–Trinajstić information content (AvgIpc) is 3.52. The summed E-state index contributed by atoms with van der Waals surface area (Å²) >= 11 is 13.6. The Morgan fingerprint density at radius 3 is 2.44 bits per heavy atom. The molecule has 45 heavy (non-hydrogen) atoms. The van der Waals surface area contributed by atoms with E-state index in [9.17, 15) is 4.79 Å². The number of amides is 1. The van der Waals surface area contributed by atoms with Gasteiger partial charge in [0, 0.05) is 77.7 Å². The number of benzene rings is 2. The van der Waals surface area contributed by atoms with Crippen molar-refractivity contribution in [2.75, 3.05) is 37.5 Å². The molecule has 0 aliphatic carbocycles. The number of fused-ring (bicyclic) bond motifs is 3. The van der Waals surface area contributed by atoms with Gasteiger partial charge in [0.25, 0.3) is 0 Å². The zero-order valence-electron chi connectivity index (χ0n) is 25.4. The lowest BCUT2D eigenvalue weighted by atomic mass is 10.0. The number of carbonyl (C=O) groups is 1. The molecular weight excluding hydrogens is 613 g/mol. The molecule has 1 amide bonds. The van der Waals surface area contributed by atoms with Crippen LogP contribution in [0.4, 0.5) is 11.4 Å². The van der Waals surface area contributed by atoms with Gasteiger partial charge in [-0.1, -0.05) is 35.8 Å². The highest BCUT2D eigenvalue weighted by Crippen LogP contribution is 2.47. The van der Waals surface area contributed by atoms with Crippen LogP contribution < -0.4 is 19.7 Å². The average molecular weight is 647 g/mol. The molecule has 1 aliphatic heterocycles. The second-order valence-electron chi connectivity index (χ2n) is 11.1. The summed E-state index contributed by atoms with van der Waals surface area (Å²) in [6, 6.07) is 11.8. The summed E-state index contributed by atoms with van der Waals surface area (Å²) < 4.78 is 18.9. The monoisotopic (exact) mass is 645 g/mol. The number of hydrogen-bond acceptors (Lipinski definition) is 7. The third-order valence-electron chi connectivity index (χ3n) is 7.95. The Kier molecular flexibility index (Phi) is 8.59. The van der Waals surface area contributed by atoms with Crippen LogP contribution in [0, 0.1) is 0 Å². The fourth-order valence-electron chi connectivity index (χ4n) is 5.94. The Morgan fingerprint density at radius 2 is 1.78 bits per heavy atom. The van der Waals surface area contributed by atoms with Crippen LogP contribution in [-0.2, 0) is 16.0 Å². The lowest BCUT2D eigenvalue weighted by Gasteiger charge is -2.37. The van der Waals surface area contributed by atoms with Gasteiger partial charge in [0.15, 0.2) is 0 Å². The third kappa shape index (κ3) is 5.91. The first-order chi connectivity index (χ1) is 21.7. The first-order valence-corrected chi connectivity index (χ1v) is 15.3. The minimum Gasteiger partial charge on any atom is -0.495 e. The molecule has 6 rings (SSSR count). The number of pyridine rings is 2. The Morgan fingerprint density at radius 1 is 1.07 bits per heavy atom. The quantitative estimate of drug-likeness (QED) is 0.178. The summed E-state index contributed by atoms with van der Waals surface area (Å²) in [7, 11) is 3.08. The van der Waals surface area contributed by atoms with Crippen LogP contribution in [0.1, 0.15) is 25.1 Å². The summed E-state index contributed by atoms with van der Waals surface area (Å²) in [5.41, 5.74) is 6.32. The van der Waals surface area contributed by atoms with E-state index >= 15 is 0 Å². The van der Waals surface area contributed by atoms with E-state index in [-0.39, 0.29) is 18.1 Å². The van der Waals surface area contributed by atoms with Gasteiger partial charge >= 0.3 is 0 Å². The molecule has 3 aromatic heterocycles. The standard InChI is InChI=1S/C34H33Cl2N5O4/c1-6-30(42)39-26-14-24(40-17-19(2)45-20(3)18-40)8-7-21(26)11-23-13-27-22(16-38-23)12-25(34-37-9-10-41(27)34)31-32(35)28(43-4)15-29(44-5)33(31)36/h6-10,12-16,19-20H,1,11,17-18H2,2-5H3,(H,39,42)/t19-,20?/m1/s1. The predicted molar refractivity (Wildman–Crippen MR) is 179 cm³/mol. The topological polar surface area (TPSA) is 90.2 Å². The summed E-state index contributed by atoms with van der Waals surface area (Å²) in [5, 5.41) is 4.57. The number of hydrogen-bond donors (Lipinski definition) is 1. The minimum atomic E-state index is -0.275. The van der Waals surface area contributed by atoms with Gasteiger partial charge in [0.2, 0.25) is 5.91 Å². The Balaban J connectivity index is 1.41. The zero-order valence-corrected chi connectivity index (χ0v) is 26.9. The van der Waals surface area contributed by atoms with Crippen LogP contribution in [-0.4, -0.2) is 59.8 Å². The maximum atomic E-state index is 12.4. The summed E-state index contributed by atoms with van der Waals surface area (Å²) in [5.74, 6) is 0.603. The van der Waals surface area contributed by atoms with Crippen molar-refractivity contribution in [3.8, 4) is 22.6 Å². The lowest BCUT2D eigenvalue weighted by molar-refractivity contribution is -0.111. The van der Waals surface area contributed by atoms with Crippen molar-refractivity contribution in [2.24, 2.45) is 0 Å². The highest BCUT2D eigenvalue weighted by Gasteiger charge is 2.24. The number of anilines is 2. The highest BCUT2D eigenvalue weighted by atomic mass is 35.5. The van der Waals surface area contributed by atoms with E-state index in [2.05, 4.69) is 41.7 Å². The maximum Gasteiger partial charge on any atom is 0.247 e. The predicted octanol–water partition coefficient (Wildman–Crippen LogP) is 7.20. The normalized spacial score (nSPS) is 16.6. The lowest BCUT2D eigenvalue weighted by Crippen LogP contribution is -2.45. The van der Waals surface area contributed by atoms with Crippen LogP contribution in [0.3, 0.4) is 0 Å². The van der Waals surface area contributed by atoms with Crippen molar-refractivity contribution in [1.82, 2.24) is 14.4 Å². The summed E-state index contributed by atoms with van der Waals surface area (Å²) in [4.78, 5) is 24.2. The molecule has 5 aromatic rings. The molecular formula is C34H33Cl2N5O4. The SMILES string of the molecule is C=CC(=O)Nc1cc(N2CC(C)O[C@H](C)C2)ccc1Cc1cc2c(cn1)cc(-c1c(Cl)c(OC)cc(OC)c1Cl)c1nccn12. The van der Waals surface area contributed by atoms with Gasteiger partial charge in [-0.25, -0.2) is 4.98 Å². The molecule has 1 N–H and O–H groups in total. The van der Waals surface area contributed by atoms with Crippen LogP contribution in [0.15, 0.2) is 67.6 Å². The molecule has 1 unspecified atom stereocenters. The van der Waals surface area contributed by atoms with E-state index in [0.717, 1.165) is 40.9 Å². The number of carbonyl (C=O) groups excluding carboxylic acids is 1. The molecule has 0 bridgehead atoms. The largest absolute Gasteiger partial charge is 0.495 e. The van der Waals surface area contributed by atoms with E-state index in [1.807, 2.05) is 41.1 Å². The molecule has 0 saturated carbocycles. The zero-order chi connectivity index (χ0) is 31.8. The molecule has 0 radical (unpaired) electrons. The van der Waals surface area contributed by atoms with Gasteiger partial charge in [0.05, 0.1) is 42.0 Å². The fourth-order valence-corrected chi connectivity index (χ4v) is 6.64. The molecule has 232 valence electrons. The highest BCUT2D eigenvalue weighted by molar-refractivity contribution is 6.41. The van der Waals surface area contributed by atoms with E-state index in [1.165, 1.54) is 6.08 Å². The van der Waals surface area contributed by atoms with Gasteiger partial charge in [-0.05, 0) is 49.8 Å². The van der Waals surface area contributed by atoms with Gasteiger partial charge < -0.3 is 24.4 Å². The van der Waals surface area contributed by atoms with Crippen molar-refractivity contribution in [3.05, 3.63) is 88.9 Å². The van der Waals surface area contributed by atoms with E-state index in [1.54, 1.807) is 26.5 Å². The third-order valence-corrected chi connectivity index (χ3v) is 8.70. The number of imidazole rings is 1. The van der Waals surface area contributed by atoms with Gasteiger partial charge in [0.1, 0.15) is 17.1 Å². The molecule has 1 saturated heterocycles. The number of ether oxygens (including phenoxy) is 3. The van der Waals surface area contributed by atoms with Crippen LogP contribution >= 0.6 is 23.2 Å². The Bertz CT molecular complexity index is 1900. The van der Waals surface area contributed by atoms with Crippen LogP contribution in [0.5, 0.6) is 11.5 Å². The number of nitrogens with zero attached hydrogens (tertiary/aromatic N) is 4. The van der Waals surface area contributed by atoms with Crippen LogP contribution in [0.25, 0.3) is 27.7 Å². The molecule has 2 aromatic carbocycles. The number of halogens is 2. The molecule has 4 heterocycles. The molecule has 9 nitrogen and oxygen atoms in total.